The third-order valence-corrected chi connectivity index (χ3v) is 4.97. The van der Waals surface area contributed by atoms with Crippen molar-refractivity contribution in [3.63, 3.8) is 0 Å². The number of hydrogen-bond acceptors (Lipinski definition) is 2. The molecule has 1 saturated heterocycles. The number of rotatable bonds is 3. The fraction of sp³-hybridized carbons (Fsp3) is 0.647. The summed E-state index contributed by atoms with van der Waals surface area (Å²) in [6, 6.07) is 6.63. The summed E-state index contributed by atoms with van der Waals surface area (Å²) in [6.07, 6.45) is 2.60. The molecule has 0 radical (unpaired) electrons. The third-order valence-electron chi connectivity index (χ3n) is 4.47. The minimum absolute atomic E-state index is 0.442. The molecule has 3 heteroatoms. The Morgan fingerprint density at radius 2 is 1.90 bits per heavy atom. The molecule has 1 aromatic carbocycles. The third kappa shape index (κ3) is 3.76. The fourth-order valence-corrected chi connectivity index (χ4v) is 3.51. The molecule has 0 spiro atoms. The van der Waals surface area contributed by atoms with Gasteiger partial charge in [-0.05, 0) is 48.9 Å². The van der Waals surface area contributed by atoms with Crippen LogP contribution in [-0.2, 0) is 6.54 Å². The van der Waals surface area contributed by atoms with Gasteiger partial charge in [-0.25, -0.2) is 0 Å². The van der Waals surface area contributed by atoms with E-state index in [1.54, 1.807) is 0 Å². The van der Waals surface area contributed by atoms with E-state index in [0.717, 1.165) is 12.5 Å². The molecule has 0 bridgehead atoms. The van der Waals surface area contributed by atoms with E-state index in [-0.39, 0.29) is 0 Å². The van der Waals surface area contributed by atoms with Gasteiger partial charge in [-0.1, -0.05) is 42.8 Å². The van der Waals surface area contributed by atoms with Crippen molar-refractivity contribution in [1.29, 1.82) is 0 Å². The predicted molar refractivity (Wildman–Crippen MR) is 91.3 cm³/mol. The largest absolute Gasteiger partial charge is 0.371 e. The summed E-state index contributed by atoms with van der Waals surface area (Å²) >= 11 is 3.61. The standard InChI is InChI=1S/C17H27BrN2/c1-17(2,3)14-7-9-20(10-8-14)16-11-15(18)6-5-13(16)12-19-4/h5-6,11,14,19H,7-10,12H2,1-4H3. The number of nitrogens with zero attached hydrogens (tertiary/aromatic N) is 1. The van der Waals surface area contributed by atoms with Crippen molar-refractivity contribution in [2.24, 2.45) is 11.3 Å². The Labute approximate surface area is 132 Å². The van der Waals surface area contributed by atoms with E-state index < -0.39 is 0 Å². The first-order valence-corrected chi connectivity index (χ1v) is 8.39. The maximum absolute atomic E-state index is 3.61. The van der Waals surface area contributed by atoms with Gasteiger partial charge in [0.2, 0.25) is 0 Å². The molecule has 0 aromatic heterocycles. The van der Waals surface area contributed by atoms with Crippen LogP contribution < -0.4 is 10.2 Å². The predicted octanol–water partition coefficient (Wildman–Crippen LogP) is 4.43. The fourth-order valence-electron chi connectivity index (χ4n) is 3.16. The highest BCUT2D eigenvalue weighted by atomic mass is 79.9. The minimum Gasteiger partial charge on any atom is -0.371 e. The monoisotopic (exact) mass is 338 g/mol. The summed E-state index contributed by atoms with van der Waals surface area (Å²) in [4.78, 5) is 2.56. The summed E-state index contributed by atoms with van der Waals surface area (Å²) in [5.74, 6) is 0.846. The van der Waals surface area contributed by atoms with E-state index in [9.17, 15) is 0 Å². The summed E-state index contributed by atoms with van der Waals surface area (Å²) < 4.78 is 1.17. The second kappa shape index (κ2) is 6.48. The van der Waals surface area contributed by atoms with Crippen molar-refractivity contribution in [3.8, 4) is 0 Å². The van der Waals surface area contributed by atoms with E-state index >= 15 is 0 Å². The minimum atomic E-state index is 0.442. The van der Waals surface area contributed by atoms with E-state index in [1.165, 1.54) is 41.7 Å². The Morgan fingerprint density at radius 1 is 1.25 bits per heavy atom. The molecule has 2 nitrogen and oxygen atoms in total. The smallest absolute Gasteiger partial charge is 0.0423 e. The van der Waals surface area contributed by atoms with Crippen LogP contribution >= 0.6 is 15.9 Å². The first-order chi connectivity index (χ1) is 9.41. The summed E-state index contributed by atoms with van der Waals surface area (Å²) in [6.45, 7) is 10.4. The van der Waals surface area contributed by atoms with Crippen molar-refractivity contribution < 1.29 is 0 Å². The van der Waals surface area contributed by atoms with Crippen LogP contribution in [-0.4, -0.2) is 20.1 Å². The van der Waals surface area contributed by atoms with Crippen LogP contribution in [0.1, 0.15) is 39.2 Å². The van der Waals surface area contributed by atoms with E-state index in [1.807, 2.05) is 7.05 Å². The van der Waals surface area contributed by atoms with Crippen LogP contribution in [0.15, 0.2) is 22.7 Å². The zero-order chi connectivity index (χ0) is 14.8. The molecule has 1 aliphatic rings. The van der Waals surface area contributed by atoms with Gasteiger partial charge in [-0.15, -0.1) is 0 Å². The molecule has 0 unspecified atom stereocenters. The summed E-state index contributed by atoms with van der Waals surface area (Å²) in [7, 11) is 2.01. The van der Waals surface area contributed by atoms with E-state index in [4.69, 9.17) is 0 Å². The van der Waals surface area contributed by atoms with Gasteiger partial charge in [-0.2, -0.15) is 0 Å². The Kier molecular flexibility index (Phi) is 5.14. The second-order valence-corrected chi connectivity index (χ2v) is 7.85. The molecule has 2 rings (SSSR count). The van der Waals surface area contributed by atoms with Gasteiger partial charge in [0.15, 0.2) is 0 Å². The van der Waals surface area contributed by atoms with Gasteiger partial charge in [0.1, 0.15) is 0 Å². The van der Waals surface area contributed by atoms with Gasteiger partial charge < -0.3 is 10.2 Å². The van der Waals surface area contributed by atoms with E-state index in [0.29, 0.717) is 5.41 Å². The lowest BCUT2D eigenvalue weighted by Gasteiger charge is -2.40. The molecule has 1 heterocycles. The van der Waals surface area contributed by atoms with Crippen molar-refractivity contribution in [2.75, 3.05) is 25.0 Å². The Balaban J connectivity index is 2.12. The number of benzene rings is 1. The molecule has 1 fully saturated rings. The molecule has 0 amide bonds. The van der Waals surface area contributed by atoms with Crippen molar-refractivity contribution in [3.05, 3.63) is 28.2 Å². The van der Waals surface area contributed by atoms with Gasteiger partial charge in [0.05, 0.1) is 0 Å². The van der Waals surface area contributed by atoms with Crippen LogP contribution in [0, 0.1) is 11.3 Å². The SMILES string of the molecule is CNCc1ccc(Br)cc1N1CCC(C(C)(C)C)CC1. The number of halogens is 1. The van der Waals surface area contributed by atoms with Crippen molar-refractivity contribution in [1.82, 2.24) is 5.32 Å². The molecule has 1 aliphatic heterocycles. The molecule has 20 heavy (non-hydrogen) atoms. The highest BCUT2D eigenvalue weighted by Gasteiger charge is 2.29. The molecule has 112 valence electrons. The zero-order valence-corrected chi connectivity index (χ0v) is 14.8. The van der Waals surface area contributed by atoms with Gasteiger partial charge in [0.25, 0.3) is 0 Å². The van der Waals surface area contributed by atoms with Crippen LogP contribution in [0.3, 0.4) is 0 Å². The van der Waals surface area contributed by atoms with Gasteiger partial charge in [0, 0.05) is 29.8 Å². The zero-order valence-electron chi connectivity index (χ0n) is 13.2. The van der Waals surface area contributed by atoms with Gasteiger partial charge in [-0.3, -0.25) is 0 Å². The first-order valence-electron chi connectivity index (χ1n) is 7.60. The topological polar surface area (TPSA) is 15.3 Å². The first kappa shape index (κ1) is 15.8. The van der Waals surface area contributed by atoms with Crippen LogP contribution in [0.5, 0.6) is 0 Å². The number of piperidine rings is 1. The Hall–Kier alpha value is -0.540. The highest BCUT2D eigenvalue weighted by Crippen LogP contribution is 2.36. The van der Waals surface area contributed by atoms with Crippen molar-refractivity contribution in [2.45, 2.75) is 40.2 Å². The Morgan fingerprint density at radius 3 is 2.45 bits per heavy atom. The van der Waals surface area contributed by atoms with Crippen LogP contribution in [0.4, 0.5) is 5.69 Å². The van der Waals surface area contributed by atoms with Crippen LogP contribution in [0.25, 0.3) is 0 Å². The average Bonchev–Trinajstić information content (AvgIpc) is 2.40. The lowest BCUT2D eigenvalue weighted by atomic mass is 9.75. The van der Waals surface area contributed by atoms with Crippen molar-refractivity contribution >= 4 is 21.6 Å². The molecule has 0 saturated carbocycles. The normalized spacial score (nSPS) is 17.6. The average molecular weight is 339 g/mol. The molecule has 0 atom stereocenters. The molecule has 1 aromatic rings. The molecular weight excluding hydrogens is 312 g/mol. The second-order valence-electron chi connectivity index (χ2n) is 6.93. The maximum atomic E-state index is 3.61. The van der Waals surface area contributed by atoms with Crippen LogP contribution in [0.2, 0.25) is 0 Å². The molecule has 1 N–H and O–H groups in total. The molecule has 0 aliphatic carbocycles. The number of nitrogens with one attached hydrogen (secondary N) is 1. The lowest BCUT2D eigenvalue weighted by Crippen LogP contribution is -2.38. The number of hydrogen-bond donors (Lipinski definition) is 1. The summed E-state index contributed by atoms with van der Waals surface area (Å²) in [5, 5.41) is 3.27. The molecular formula is C17H27BrN2. The van der Waals surface area contributed by atoms with E-state index in [2.05, 4.69) is 65.1 Å². The maximum Gasteiger partial charge on any atom is 0.0423 e. The quantitative estimate of drug-likeness (QED) is 0.876. The highest BCUT2D eigenvalue weighted by molar-refractivity contribution is 9.10. The lowest BCUT2D eigenvalue weighted by molar-refractivity contribution is 0.199. The number of anilines is 1. The van der Waals surface area contributed by atoms with Gasteiger partial charge >= 0.3 is 0 Å². The Bertz CT molecular complexity index is 443. The summed E-state index contributed by atoms with van der Waals surface area (Å²) in [5.41, 5.74) is 3.22.